The fourth-order valence-corrected chi connectivity index (χ4v) is 18.3. The second-order valence-corrected chi connectivity index (χ2v) is 35.9. The molecule has 17 aromatic rings. The molecule has 0 radical (unpaired) electrons. The molecule has 5 heterocycles. The molecule has 1 atom stereocenters. The van der Waals surface area contributed by atoms with Crippen LogP contribution in [0.1, 0.15) is 123 Å². The normalized spacial score (nSPS) is 13.5. The van der Waals surface area contributed by atoms with Crippen molar-refractivity contribution in [1.29, 1.82) is 0 Å². The number of anilines is 9. The number of fused-ring (bicyclic) bond motifs is 13. The molecular formula is C110H98N6. The van der Waals surface area contributed by atoms with E-state index in [0.717, 1.165) is 135 Å². The molecule has 1 unspecified atom stereocenters. The molecule has 0 saturated carbocycles. The number of rotatable bonds is 14. The van der Waals surface area contributed by atoms with Crippen molar-refractivity contribution in [3.05, 3.63) is 375 Å². The smallest absolute Gasteiger partial charge is 0.0949 e. The molecule has 0 saturated heterocycles. The Morgan fingerprint density at radius 1 is 0.276 bits per heavy atom. The minimum Gasteiger partial charge on any atom is -0.309 e. The number of hydrogen-bond acceptors (Lipinski definition) is 3. The minimum atomic E-state index is -0.137. The van der Waals surface area contributed by atoms with Crippen LogP contribution in [0.5, 0.6) is 0 Å². The number of nitrogens with zero attached hydrogens (tertiary/aromatic N) is 6. The van der Waals surface area contributed by atoms with Gasteiger partial charge in [0, 0.05) is 60.9 Å². The molecule has 19 rings (SSSR count). The third-order valence-electron chi connectivity index (χ3n) is 24.3. The summed E-state index contributed by atoms with van der Waals surface area (Å²) in [6, 6.07) is 114. The summed E-state index contributed by atoms with van der Waals surface area (Å²) in [5, 5.41) is 7.27. The van der Waals surface area contributed by atoms with E-state index in [1.54, 1.807) is 0 Å². The van der Waals surface area contributed by atoms with Gasteiger partial charge in [-0.25, -0.2) is 0 Å². The van der Waals surface area contributed by atoms with Gasteiger partial charge in [-0.1, -0.05) is 315 Å². The summed E-state index contributed by atoms with van der Waals surface area (Å²) in [6.45, 7) is 36.5. The summed E-state index contributed by atoms with van der Waals surface area (Å²) < 4.78 is 7.54. The Morgan fingerprint density at radius 3 is 1.20 bits per heavy atom. The van der Waals surface area contributed by atoms with Crippen LogP contribution in [0.3, 0.4) is 0 Å². The molecule has 0 bridgehead atoms. The van der Waals surface area contributed by atoms with Crippen molar-refractivity contribution >= 4 is 117 Å². The molecule has 0 spiro atoms. The molecule has 2 aliphatic heterocycles. The maximum absolute atomic E-state index is 4.31. The van der Waals surface area contributed by atoms with E-state index >= 15 is 0 Å². The van der Waals surface area contributed by atoms with Gasteiger partial charge < -0.3 is 28.4 Å². The summed E-state index contributed by atoms with van der Waals surface area (Å²) in [5.41, 5.74) is 32.2. The van der Waals surface area contributed by atoms with Crippen molar-refractivity contribution in [2.24, 2.45) is 0 Å². The van der Waals surface area contributed by atoms with Gasteiger partial charge in [-0.05, 0) is 199 Å². The summed E-state index contributed by atoms with van der Waals surface area (Å²) in [7, 11) is 0. The van der Waals surface area contributed by atoms with E-state index in [9.17, 15) is 0 Å². The average molecular weight is 1500 g/mol. The minimum absolute atomic E-state index is 0.0734. The van der Waals surface area contributed by atoms with Gasteiger partial charge in [0.05, 0.1) is 84.3 Å². The number of allylic oxidation sites excluding steroid dienone is 6. The summed E-state index contributed by atoms with van der Waals surface area (Å²) >= 11 is 0. The monoisotopic (exact) mass is 1500 g/mol. The molecule has 2 aliphatic rings. The predicted molar refractivity (Wildman–Crippen MR) is 498 cm³/mol. The van der Waals surface area contributed by atoms with E-state index < -0.39 is 0 Å². The molecule has 0 N–H and O–H groups in total. The van der Waals surface area contributed by atoms with Crippen LogP contribution >= 0.6 is 0 Å². The van der Waals surface area contributed by atoms with Gasteiger partial charge in [-0.3, -0.25) is 0 Å². The van der Waals surface area contributed by atoms with Crippen LogP contribution in [0.4, 0.5) is 51.2 Å². The quantitative estimate of drug-likeness (QED) is 0.101. The van der Waals surface area contributed by atoms with Gasteiger partial charge in [0.2, 0.25) is 0 Å². The second-order valence-electron chi connectivity index (χ2n) is 35.9. The van der Waals surface area contributed by atoms with E-state index in [1.807, 2.05) is 12.2 Å². The Morgan fingerprint density at radius 2 is 0.690 bits per heavy atom. The number of aromatic nitrogens is 3. The number of benzene rings is 14. The third kappa shape index (κ3) is 12.3. The maximum atomic E-state index is 4.31. The largest absolute Gasteiger partial charge is 0.309 e. The SMILES string of the molecule is C=CC=CC(C/C=C\C=C)c1cccc(-c2cccc(-c3ccccc3)c2)c1N1c2cc(-n3c4ccccc4c4ccccc43)ccc2N2c3ccc(-n4c5ccccc5c5ccccc54)cc3N(c3ccc(-c4cc(C(C)(C)C)cc(C(C)(C)C)c4)cc3)c3cc(-n4c5ccc(C(C)(C)C)cc5c5cc(C(C)(C)C)ccc54)cc1c32. The van der Waals surface area contributed by atoms with Crippen LogP contribution in [-0.2, 0) is 21.7 Å². The molecule has 0 amide bonds. The molecule has 0 fully saturated rings. The molecule has 116 heavy (non-hydrogen) atoms. The third-order valence-corrected chi connectivity index (χ3v) is 24.3. The van der Waals surface area contributed by atoms with Gasteiger partial charge in [0.15, 0.2) is 0 Å². The van der Waals surface area contributed by atoms with Crippen molar-refractivity contribution < 1.29 is 0 Å². The Balaban J connectivity index is 0.989. The van der Waals surface area contributed by atoms with Crippen molar-refractivity contribution in [2.45, 2.75) is 117 Å². The molecule has 568 valence electrons. The van der Waals surface area contributed by atoms with Gasteiger partial charge in [0.25, 0.3) is 0 Å². The Kier molecular flexibility index (Phi) is 17.5. The first-order valence-electron chi connectivity index (χ1n) is 41.1. The van der Waals surface area contributed by atoms with Crippen molar-refractivity contribution in [3.8, 4) is 50.4 Å². The highest BCUT2D eigenvalue weighted by atomic mass is 15.3. The molecule has 0 aliphatic carbocycles. The fourth-order valence-electron chi connectivity index (χ4n) is 18.3. The molecule has 6 heteroatoms. The van der Waals surface area contributed by atoms with E-state index in [4.69, 9.17) is 0 Å². The lowest BCUT2D eigenvalue weighted by molar-refractivity contribution is 0.569. The van der Waals surface area contributed by atoms with Gasteiger partial charge >= 0.3 is 0 Å². The zero-order valence-corrected chi connectivity index (χ0v) is 68.6. The second kappa shape index (κ2) is 27.8. The van der Waals surface area contributed by atoms with Crippen LogP contribution in [0.2, 0.25) is 0 Å². The fraction of sp³-hybridized carbons (Fsp3) is 0.164. The highest BCUT2D eigenvalue weighted by Crippen LogP contribution is 2.66. The van der Waals surface area contributed by atoms with Gasteiger partial charge in [0.1, 0.15) is 0 Å². The summed E-state index contributed by atoms with van der Waals surface area (Å²) in [5.74, 6) is -0.137. The topological polar surface area (TPSA) is 24.5 Å². The lowest BCUT2D eigenvalue weighted by atomic mass is 9.79. The lowest BCUT2D eigenvalue weighted by Crippen LogP contribution is -2.31. The Labute approximate surface area is 682 Å². The Hall–Kier alpha value is -13.2. The van der Waals surface area contributed by atoms with E-state index in [2.05, 4.69) is 446 Å². The number of hydrogen-bond donors (Lipinski definition) is 0. The lowest BCUT2D eigenvalue weighted by Gasteiger charge is -2.48. The first-order valence-corrected chi connectivity index (χ1v) is 41.1. The van der Waals surface area contributed by atoms with Crippen LogP contribution in [0.25, 0.3) is 116 Å². The summed E-state index contributed by atoms with van der Waals surface area (Å²) in [4.78, 5) is 7.91. The zero-order chi connectivity index (χ0) is 79.8. The standard InChI is InChI=1S/C110H98N6/c1-15-17-20-36-73(33-18-16-2)85-43-32-44-86(75-38-31-37-74(61-75)71-34-21-19-22-35-71)105(85)116-102-68-83(113-95-47-29-25-41-89(95)90-42-26-30-48-96(90)113)56-60-100(102)115-99-59-55-82(112-93-45-27-23-39-87(93)88-40-24-28-46-94(88)112)67-101(99)111(81-53-49-72(50-54-81)76-62-79(109(9,10)11)64-80(63-76)110(12,13)14)103-69-84(70-104(116)106(103)115)114-97-57-51-77(107(3,4)5)65-91(97)92-66-78(108(6,7)8)52-58-98(92)114/h15-35,37-70,73H,1-2,36H2,3-14H3/b20-17-,33-18?. The highest BCUT2D eigenvalue weighted by molar-refractivity contribution is 6.18. The first kappa shape index (κ1) is 73.0. The predicted octanol–water partition coefficient (Wildman–Crippen LogP) is 31.2. The van der Waals surface area contributed by atoms with Crippen molar-refractivity contribution in [1.82, 2.24) is 13.7 Å². The van der Waals surface area contributed by atoms with Crippen molar-refractivity contribution in [2.75, 3.05) is 14.7 Å². The zero-order valence-electron chi connectivity index (χ0n) is 68.6. The molecule has 6 nitrogen and oxygen atoms in total. The van der Waals surface area contributed by atoms with Crippen LogP contribution in [0, 0.1) is 0 Å². The highest BCUT2D eigenvalue weighted by Gasteiger charge is 2.43. The van der Waals surface area contributed by atoms with Crippen LogP contribution in [0.15, 0.2) is 347 Å². The maximum Gasteiger partial charge on any atom is 0.0949 e. The number of para-hydroxylation sites is 5. The summed E-state index contributed by atoms with van der Waals surface area (Å²) in [6.07, 6.45) is 13.3. The first-order chi connectivity index (χ1) is 56.0. The molecule has 3 aromatic heterocycles. The van der Waals surface area contributed by atoms with E-state index in [0.29, 0.717) is 6.42 Å². The van der Waals surface area contributed by atoms with Crippen molar-refractivity contribution in [3.63, 3.8) is 0 Å². The van der Waals surface area contributed by atoms with Crippen LogP contribution in [-0.4, -0.2) is 13.7 Å². The average Bonchev–Trinajstić information content (AvgIpc) is 0.775. The molecular weight excluding hydrogens is 1410 g/mol. The van der Waals surface area contributed by atoms with E-state index in [1.165, 1.54) is 60.1 Å². The Bertz CT molecular complexity index is 6690. The van der Waals surface area contributed by atoms with E-state index in [-0.39, 0.29) is 27.6 Å². The molecule has 14 aromatic carbocycles. The van der Waals surface area contributed by atoms with Gasteiger partial charge in [-0.15, -0.1) is 0 Å². The van der Waals surface area contributed by atoms with Crippen LogP contribution < -0.4 is 14.7 Å². The van der Waals surface area contributed by atoms with Gasteiger partial charge in [-0.2, -0.15) is 0 Å².